The van der Waals surface area contributed by atoms with Gasteiger partial charge in [-0.05, 0) is 42.9 Å². The lowest BCUT2D eigenvalue weighted by Crippen LogP contribution is -2.12. The Balaban J connectivity index is 1.52. The van der Waals surface area contributed by atoms with Gasteiger partial charge >= 0.3 is 0 Å². The lowest BCUT2D eigenvalue weighted by molar-refractivity contribution is -0.116. The van der Waals surface area contributed by atoms with Crippen molar-refractivity contribution in [3.05, 3.63) is 54.6 Å². The molecule has 0 aliphatic rings. The summed E-state index contributed by atoms with van der Waals surface area (Å²) < 4.78 is 0. The molecule has 0 spiro atoms. The molecule has 0 aromatic heterocycles. The normalized spacial score (nSPS) is 10.4. The molecule has 0 unspecified atom stereocenters. The van der Waals surface area contributed by atoms with Gasteiger partial charge in [0.05, 0.1) is 11.4 Å². The fraction of sp³-hybridized carbons (Fsp3) is 0.316. The molecule has 2 aromatic rings. The summed E-state index contributed by atoms with van der Waals surface area (Å²) in [6, 6.07) is 17.8. The zero-order chi connectivity index (χ0) is 16.3. The van der Waals surface area contributed by atoms with E-state index in [1.807, 2.05) is 36.0 Å². The third kappa shape index (κ3) is 6.78. The number of nitrogen functional groups attached to an aromatic ring is 1. The van der Waals surface area contributed by atoms with Gasteiger partial charge in [-0.3, -0.25) is 4.79 Å². The molecule has 0 atom stereocenters. The highest BCUT2D eigenvalue weighted by Gasteiger charge is 2.04. The zero-order valence-electron chi connectivity index (χ0n) is 13.3. The van der Waals surface area contributed by atoms with Crippen LogP contribution in [0.15, 0.2) is 59.5 Å². The summed E-state index contributed by atoms with van der Waals surface area (Å²) in [5.41, 5.74) is 7.12. The van der Waals surface area contributed by atoms with Crippen LogP contribution in [0.1, 0.15) is 32.1 Å². The molecule has 0 heterocycles. The Labute approximate surface area is 142 Å². The molecule has 0 saturated heterocycles. The van der Waals surface area contributed by atoms with Crippen molar-refractivity contribution < 1.29 is 4.79 Å². The third-order valence-electron chi connectivity index (χ3n) is 3.54. The van der Waals surface area contributed by atoms with E-state index < -0.39 is 0 Å². The summed E-state index contributed by atoms with van der Waals surface area (Å²) >= 11 is 1.89. The number of nitrogens with two attached hydrogens (primary N) is 1. The Morgan fingerprint density at radius 1 is 0.913 bits per heavy atom. The van der Waals surface area contributed by atoms with Gasteiger partial charge in [-0.25, -0.2) is 0 Å². The maximum Gasteiger partial charge on any atom is 0.224 e. The van der Waals surface area contributed by atoms with E-state index in [4.69, 9.17) is 5.73 Å². The number of thioether (sulfide) groups is 1. The Bertz CT molecular complexity index is 601. The van der Waals surface area contributed by atoms with E-state index in [0.29, 0.717) is 17.8 Å². The van der Waals surface area contributed by atoms with E-state index in [1.54, 1.807) is 6.07 Å². The molecule has 0 saturated carbocycles. The van der Waals surface area contributed by atoms with Crippen molar-refractivity contribution in [2.75, 3.05) is 16.8 Å². The van der Waals surface area contributed by atoms with Gasteiger partial charge in [0.15, 0.2) is 0 Å². The van der Waals surface area contributed by atoms with Gasteiger partial charge < -0.3 is 11.1 Å². The monoisotopic (exact) mass is 328 g/mol. The molecule has 0 aliphatic carbocycles. The van der Waals surface area contributed by atoms with E-state index in [2.05, 4.69) is 29.6 Å². The zero-order valence-corrected chi connectivity index (χ0v) is 14.1. The highest BCUT2D eigenvalue weighted by Crippen LogP contribution is 2.20. The molecule has 2 aromatic carbocycles. The van der Waals surface area contributed by atoms with Crippen LogP contribution in [-0.4, -0.2) is 11.7 Å². The summed E-state index contributed by atoms with van der Waals surface area (Å²) in [6.45, 7) is 0. The SMILES string of the molecule is Nc1ccccc1NC(=O)CCCCCCSc1ccccc1. The third-order valence-corrected chi connectivity index (χ3v) is 4.64. The maximum absolute atomic E-state index is 11.9. The van der Waals surface area contributed by atoms with Crippen molar-refractivity contribution in [3.8, 4) is 0 Å². The number of rotatable bonds is 9. The predicted molar refractivity (Wildman–Crippen MR) is 99.7 cm³/mol. The Morgan fingerprint density at radius 2 is 1.61 bits per heavy atom. The predicted octanol–water partition coefficient (Wildman–Crippen LogP) is 4.95. The highest BCUT2D eigenvalue weighted by molar-refractivity contribution is 7.99. The van der Waals surface area contributed by atoms with Gasteiger partial charge in [0, 0.05) is 11.3 Å². The Kier molecular flexibility index (Phi) is 7.54. The van der Waals surface area contributed by atoms with Crippen LogP contribution in [0.4, 0.5) is 11.4 Å². The summed E-state index contributed by atoms with van der Waals surface area (Å²) in [5, 5.41) is 2.87. The van der Waals surface area contributed by atoms with E-state index in [9.17, 15) is 4.79 Å². The number of anilines is 2. The molecule has 0 aliphatic heterocycles. The molecule has 1 amide bonds. The van der Waals surface area contributed by atoms with Crippen molar-refractivity contribution in [2.45, 2.75) is 37.0 Å². The Hall–Kier alpha value is -1.94. The van der Waals surface area contributed by atoms with Crippen LogP contribution in [0.5, 0.6) is 0 Å². The van der Waals surface area contributed by atoms with E-state index in [-0.39, 0.29) is 5.91 Å². The van der Waals surface area contributed by atoms with Gasteiger partial charge in [-0.1, -0.05) is 43.2 Å². The Morgan fingerprint density at radius 3 is 2.39 bits per heavy atom. The standard InChI is InChI=1S/C19H24N2OS/c20-17-12-7-8-13-18(17)21-19(22)14-6-1-2-9-15-23-16-10-4-3-5-11-16/h3-5,7-8,10-13H,1-2,6,9,14-15,20H2,(H,21,22). The van der Waals surface area contributed by atoms with Crippen LogP contribution >= 0.6 is 11.8 Å². The maximum atomic E-state index is 11.9. The molecule has 122 valence electrons. The first-order valence-corrected chi connectivity index (χ1v) is 9.06. The van der Waals surface area contributed by atoms with Crippen LogP contribution in [0.25, 0.3) is 0 Å². The number of nitrogens with one attached hydrogen (secondary N) is 1. The second-order valence-electron chi connectivity index (χ2n) is 5.46. The fourth-order valence-electron chi connectivity index (χ4n) is 2.27. The first kappa shape index (κ1) is 17.4. The lowest BCUT2D eigenvalue weighted by Gasteiger charge is -2.07. The number of benzene rings is 2. The average molecular weight is 328 g/mol. The molecule has 4 heteroatoms. The minimum Gasteiger partial charge on any atom is -0.397 e. The number of carbonyl (C=O) groups is 1. The van der Waals surface area contributed by atoms with Crippen LogP contribution in [-0.2, 0) is 4.79 Å². The molecular formula is C19H24N2OS. The van der Waals surface area contributed by atoms with Crippen molar-refractivity contribution in [1.29, 1.82) is 0 Å². The number of carbonyl (C=O) groups excluding carboxylic acids is 1. The van der Waals surface area contributed by atoms with Crippen LogP contribution in [0, 0.1) is 0 Å². The first-order valence-electron chi connectivity index (χ1n) is 8.08. The summed E-state index contributed by atoms with van der Waals surface area (Å²) in [7, 11) is 0. The average Bonchev–Trinajstić information content (AvgIpc) is 2.57. The van der Waals surface area contributed by atoms with Gasteiger partial charge in [0.1, 0.15) is 0 Å². The second kappa shape index (κ2) is 9.95. The summed E-state index contributed by atoms with van der Waals surface area (Å²) in [5.74, 6) is 1.18. The topological polar surface area (TPSA) is 55.1 Å². The minimum atomic E-state index is 0.0431. The molecule has 0 fully saturated rings. The molecule has 0 radical (unpaired) electrons. The van der Waals surface area contributed by atoms with Crippen molar-refractivity contribution in [3.63, 3.8) is 0 Å². The van der Waals surface area contributed by atoms with E-state index >= 15 is 0 Å². The number of hydrogen-bond acceptors (Lipinski definition) is 3. The lowest BCUT2D eigenvalue weighted by atomic mass is 10.1. The number of amides is 1. The van der Waals surface area contributed by atoms with Crippen LogP contribution in [0.3, 0.4) is 0 Å². The summed E-state index contributed by atoms with van der Waals surface area (Å²) in [6.07, 6.45) is 4.93. The number of hydrogen-bond donors (Lipinski definition) is 2. The van der Waals surface area contributed by atoms with Crippen LogP contribution in [0.2, 0.25) is 0 Å². The van der Waals surface area contributed by atoms with Crippen molar-refractivity contribution in [1.82, 2.24) is 0 Å². The van der Waals surface area contributed by atoms with E-state index in [0.717, 1.165) is 18.6 Å². The van der Waals surface area contributed by atoms with Crippen molar-refractivity contribution >= 4 is 29.0 Å². The first-order chi connectivity index (χ1) is 11.3. The molecule has 23 heavy (non-hydrogen) atoms. The number of para-hydroxylation sites is 2. The fourth-order valence-corrected chi connectivity index (χ4v) is 3.21. The van der Waals surface area contributed by atoms with Crippen molar-refractivity contribution in [2.24, 2.45) is 0 Å². The largest absolute Gasteiger partial charge is 0.397 e. The minimum absolute atomic E-state index is 0.0431. The molecular weight excluding hydrogens is 304 g/mol. The molecule has 2 rings (SSSR count). The van der Waals surface area contributed by atoms with E-state index in [1.165, 1.54) is 17.7 Å². The second-order valence-corrected chi connectivity index (χ2v) is 6.63. The van der Waals surface area contributed by atoms with Crippen LogP contribution < -0.4 is 11.1 Å². The molecule has 3 N–H and O–H groups in total. The smallest absolute Gasteiger partial charge is 0.224 e. The van der Waals surface area contributed by atoms with Gasteiger partial charge in [-0.2, -0.15) is 0 Å². The highest BCUT2D eigenvalue weighted by atomic mass is 32.2. The molecule has 3 nitrogen and oxygen atoms in total. The van der Waals surface area contributed by atoms with Gasteiger partial charge in [0.2, 0.25) is 5.91 Å². The quantitative estimate of drug-likeness (QED) is 0.389. The summed E-state index contributed by atoms with van der Waals surface area (Å²) in [4.78, 5) is 13.2. The van der Waals surface area contributed by atoms with Gasteiger partial charge in [-0.15, -0.1) is 11.8 Å². The van der Waals surface area contributed by atoms with Gasteiger partial charge in [0.25, 0.3) is 0 Å². The number of unbranched alkanes of at least 4 members (excludes halogenated alkanes) is 3. The molecule has 0 bridgehead atoms.